The van der Waals surface area contributed by atoms with Gasteiger partial charge in [-0.15, -0.1) is 0 Å². The van der Waals surface area contributed by atoms with Crippen LogP contribution in [0.1, 0.15) is 187 Å². The number of hydrogen-bond acceptors (Lipinski definition) is 4. The summed E-state index contributed by atoms with van der Waals surface area (Å²) in [6, 6.07) is -1.07. The van der Waals surface area contributed by atoms with Crippen LogP contribution in [0.25, 0.3) is 0 Å². The van der Waals surface area contributed by atoms with E-state index < -0.39 is 28.0 Å². The van der Waals surface area contributed by atoms with Gasteiger partial charge in [-0.1, -0.05) is 172 Å². The zero-order chi connectivity index (χ0) is 34.0. The van der Waals surface area contributed by atoms with Gasteiger partial charge < -0.3 is 10.4 Å². The molecule has 2 atom stereocenters. The fourth-order valence-corrected chi connectivity index (χ4v) is 6.39. The van der Waals surface area contributed by atoms with Gasteiger partial charge in [-0.25, -0.2) is 0 Å². The molecular formula is C39H73NO5S. The van der Waals surface area contributed by atoms with E-state index in [0.717, 1.165) is 38.5 Å². The first kappa shape index (κ1) is 44.6. The third kappa shape index (κ3) is 33.9. The molecule has 0 saturated heterocycles. The van der Waals surface area contributed by atoms with Gasteiger partial charge >= 0.3 is 0 Å². The molecule has 0 rings (SSSR count). The van der Waals surface area contributed by atoms with Gasteiger partial charge in [0.2, 0.25) is 5.91 Å². The number of carbonyl (C=O) groups is 1. The summed E-state index contributed by atoms with van der Waals surface area (Å²) in [5.74, 6) is -1.01. The Bertz CT molecular complexity index is 868. The van der Waals surface area contributed by atoms with E-state index >= 15 is 0 Å². The first-order valence-electron chi connectivity index (χ1n) is 19.2. The summed E-state index contributed by atoms with van der Waals surface area (Å²) in [5, 5.41) is 13.2. The maximum Gasteiger partial charge on any atom is 0.267 e. The van der Waals surface area contributed by atoms with Gasteiger partial charge in [0.1, 0.15) is 0 Å². The monoisotopic (exact) mass is 668 g/mol. The van der Waals surface area contributed by atoms with Crippen LogP contribution < -0.4 is 5.32 Å². The summed E-state index contributed by atoms with van der Waals surface area (Å²) >= 11 is 0. The van der Waals surface area contributed by atoms with E-state index in [4.69, 9.17) is 0 Å². The molecule has 0 fully saturated rings. The zero-order valence-corrected chi connectivity index (χ0v) is 30.8. The number of amides is 1. The van der Waals surface area contributed by atoms with E-state index in [-0.39, 0.29) is 12.3 Å². The van der Waals surface area contributed by atoms with E-state index in [1.807, 2.05) is 0 Å². The minimum absolute atomic E-state index is 0.286. The van der Waals surface area contributed by atoms with Gasteiger partial charge in [-0.05, 0) is 44.9 Å². The molecule has 2 unspecified atom stereocenters. The van der Waals surface area contributed by atoms with Crippen molar-refractivity contribution in [3.63, 3.8) is 0 Å². The number of nitrogens with one attached hydrogen (secondary N) is 1. The SMILES string of the molecule is CCCCCCCCCCCC/C=C/CC/C=C/CC/C=C/C(O)C(CS(=O)(=O)O)NC(=O)CCCCCCCCCCCCC. The van der Waals surface area contributed by atoms with Crippen molar-refractivity contribution in [3.05, 3.63) is 36.5 Å². The molecule has 0 bridgehead atoms. The topological polar surface area (TPSA) is 104 Å². The number of allylic oxidation sites excluding steroid dienone is 5. The predicted molar refractivity (Wildman–Crippen MR) is 198 cm³/mol. The summed E-state index contributed by atoms with van der Waals surface area (Å²) in [6.07, 6.45) is 42.8. The van der Waals surface area contributed by atoms with Crippen molar-refractivity contribution in [1.82, 2.24) is 5.32 Å². The number of carbonyl (C=O) groups excluding carboxylic acids is 1. The smallest absolute Gasteiger partial charge is 0.267 e. The van der Waals surface area contributed by atoms with Crippen molar-refractivity contribution in [1.29, 1.82) is 0 Å². The molecule has 46 heavy (non-hydrogen) atoms. The van der Waals surface area contributed by atoms with Crippen LogP contribution in [-0.2, 0) is 14.9 Å². The van der Waals surface area contributed by atoms with Gasteiger partial charge in [-0.2, -0.15) is 8.42 Å². The fraction of sp³-hybridized carbons (Fsp3) is 0.821. The standard InChI is InChI=1S/C39H73NO5S/c1-3-5-7-9-11-13-15-16-17-18-19-20-21-22-23-25-26-28-30-32-34-38(41)37(36-46(43,44)45)40-39(42)35-33-31-29-27-24-14-12-10-8-6-4-2/h20-21,25-26,32,34,37-38,41H,3-19,22-24,27-31,33,35-36H2,1-2H3,(H,40,42)(H,43,44,45)/b21-20+,26-25+,34-32+. The summed E-state index contributed by atoms with van der Waals surface area (Å²) in [6.45, 7) is 4.50. The van der Waals surface area contributed by atoms with Crippen LogP contribution in [-0.4, -0.2) is 41.9 Å². The predicted octanol–water partition coefficient (Wildman–Crippen LogP) is 11.0. The second kappa shape index (κ2) is 33.5. The Balaban J connectivity index is 4.02. The van der Waals surface area contributed by atoms with Crippen LogP contribution >= 0.6 is 0 Å². The molecule has 3 N–H and O–H groups in total. The lowest BCUT2D eigenvalue weighted by Gasteiger charge is -2.21. The summed E-state index contributed by atoms with van der Waals surface area (Å²) in [4.78, 5) is 12.4. The number of aliphatic hydroxyl groups excluding tert-OH is 1. The van der Waals surface area contributed by atoms with Crippen molar-refractivity contribution in [2.45, 2.75) is 199 Å². The molecular weight excluding hydrogens is 594 g/mol. The summed E-state index contributed by atoms with van der Waals surface area (Å²) in [5.41, 5.74) is 0. The van der Waals surface area contributed by atoms with Crippen molar-refractivity contribution >= 4 is 16.0 Å². The highest BCUT2D eigenvalue weighted by atomic mass is 32.2. The maximum absolute atomic E-state index is 12.4. The molecule has 0 spiro atoms. The van der Waals surface area contributed by atoms with E-state index in [9.17, 15) is 22.9 Å². The van der Waals surface area contributed by atoms with Crippen LogP contribution in [0.2, 0.25) is 0 Å². The lowest BCUT2D eigenvalue weighted by Crippen LogP contribution is -2.46. The average Bonchev–Trinajstić information content (AvgIpc) is 3.01. The number of unbranched alkanes of at least 4 members (excludes halogenated alkanes) is 22. The van der Waals surface area contributed by atoms with Crippen LogP contribution in [0.5, 0.6) is 0 Å². The fourth-order valence-electron chi connectivity index (χ4n) is 5.66. The van der Waals surface area contributed by atoms with Crippen molar-refractivity contribution in [2.24, 2.45) is 0 Å². The van der Waals surface area contributed by atoms with E-state index in [1.54, 1.807) is 6.08 Å². The summed E-state index contributed by atoms with van der Waals surface area (Å²) < 4.78 is 32.3. The normalized spacial score (nSPS) is 13.7. The summed E-state index contributed by atoms with van der Waals surface area (Å²) in [7, 11) is -4.35. The number of hydrogen-bond donors (Lipinski definition) is 3. The molecule has 0 radical (unpaired) electrons. The Kier molecular flexibility index (Phi) is 32.4. The highest BCUT2D eigenvalue weighted by Crippen LogP contribution is 2.13. The molecule has 0 aliphatic heterocycles. The Morgan fingerprint density at radius 1 is 0.565 bits per heavy atom. The molecule has 0 aromatic rings. The highest BCUT2D eigenvalue weighted by molar-refractivity contribution is 7.85. The van der Waals surface area contributed by atoms with Crippen LogP contribution in [0.3, 0.4) is 0 Å². The molecule has 1 amide bonds. The minimum Gasteiger partial charge on any atom is -0.387 e. The van der Waals surface area contributed by atoms with Crippen LogP contribution in [0, 0.1) is 0 Å². The lowest BCUT2D eigenvalue weighted by molar-refractivity contribution is -0.122. The molecule has 6 nitrogen and oxygen atoms in total. The largest absolute Gasteiger partial charge is 0.387 e. The van der Waals surface area contributed by atoms with Crippen molar-refractivity contribution in [2.75, 3.05) is 5.75 Å². The van der Waals surface area contributed by atoms with Crippen molar-refractivity contribution < 1.29 is 22.9 Å². The number of aliphatic hydroxyl groups is 1. The van der Waals surface area contributed by atoms with Gasteiger partial charge in [0.05, 0.1) is 17.9 Å². The zero-order valence-electron chi connectivity index (χ0n) is 29.9. The Labute approximate surface area is 285 Å². The average molecular weight is 668 g/mol. The minimum atomic E-state index is -4.35. The number of rotatable bonds is 34. The first-order chi connectivity index (χ1) is 22.3. The molecule has 7 heteroatoms. The Morgan fingerprint density at radius 2 is 0.935 bits per heavy atom. The third-order valence-corrected chi connectivity index (χ3v) is 9.33. The highest BCUT2D eigenvalue weighted by Gasteiger charge is 2.24. The second-order valence-electron chi connectivity index (χ2n) is 13.2. The van der Waals surface area contributed by atoms with Crippen LogP contribution in [0.4, 0.5) is 0 Å². The van der Waals surface area contributed by atoms with Gasteiger partial charge in [0.25, 0.3) is 10.1 Å². The third-order valence-electron chi connectivity index (χ3n) is 8.55. The van der Waals surface area contributed by atoms with Gasteiger partial charge in [0.15, 0.2) is 0 Å². The van der Waals surface area contributed by atoms with Gasteiger partial charge in [0, 0.05) is 6.42 Å². The van der Waals surface area contributed by atoms with Crippen molar-refractivity contribution in [3.8, 4) is 0 Å². The second-order valence-corrected chi connectivity index (χ2v) is 14.7. The van der Waals surface area contributed by atoms with E-state index in [0.29, 0.717) is 6.42 Å². The molecule has 0 aliphatic rings. The lowest BCUT2D eigenvalue weighted by atomic mass is 10.0. The Hall–Kier alpha value is -1.44. The van der Waals surface area contributed by atoms with Crippen LogP contribution in [0.15, 0.2) is 36.5 Å². The molecule has 0 aromatic heterocycles. The molecule has 0 heterocycles. The molecule has 0 saturated carbocycles. The molecule has 270 valence electrons. The first-order valence-corrected chi connectivity index (χ1v) is 20.8. The molecule has 0 aliphatic carbocycles. The maximum atomic E-state index is 12.4. The van der Waals surface area contributed by atoms with Gasteiger partial charge in [-0.3, -0.25) is 9.35 Å². The molecule has 0 aromatic carbocycles. The Morgan fingerprint density at radius 3 is 1.37 bits per heavy atom. The van der Waals surface area contributed by atoms with E-state index in [2.05, 4.69) is 43.5 Å². The van der Waals surface area contributed by atoms with E-state index in [1.165, 1.54) is 128 Å². The quantitative estimate of drug-likeness (QED) is 0.0360.